The molecule has 0 bridgehead atoms. The first-order chi connectivity index (χ1) is 8.67. The molecule has 0 saturated heterocycles. The van der Waals surface area contributed by atoms with Gasteiger partial charge in [-0.05, 0) is 36.9 Å². The molecular weight excluding hydrogens is 228 g/mol. The first-order valence-corrected chi connectivity index (χ1v) is 6.43. The van der Waals surface area contributed by atoms with Gasteiger partial charge >= 0.3 is 0 Å². The molecule has 1 aromatic carbocycles. The zero-order chi connectivity index (χ0) is 13.0. The highest BCUT2D eigenvalue weighted by atomic mass is 16.3. The molecule has 0 radical (unpaired) electrons. The Labute approximate surface area is 107 Å². The predicted octanol–water partition coefficient (Wildman–Crippen LogP) is 1.64. The maximum atomic E-state index is 12.0. The maximum absolute atomic E-state index is 12.0. The molecule has 0 atom stereocenters. The number of carbonyl (C=O) groups is 1. The normalized spacial score (nSPS) is 17.6. The van der Waals surface area contributed by atoms with Crippen LogP contribution in [0, 0.1) is 5.41 Å². The van der Waals surface area contributed by atoms with Gasteiger partial charge in [-0.2, -0.15) is 0 Å². The second-order valence-electron chi connectivity index (χ2n) is 5.11. The summed E-state index contributed by atoms with van der Waals surface area (Å²) in [6, 6.07) is 6.57. The largest absolute Gasteiger partial charge is 0.507 e. The highest BCUT2D eigenvalue weighted by molar-refractivity contribution is 5.96. The minimum absolute atomic E-state index is 0.0169. The van der Waals surface area contributed by atoms with E-state index in [2.05, 4.69) is 5.32 Å². The van der Waals surface area contributed by atoms with Crippen LogP contribution in [0.4, 0.5) is 0 Å². The third-order valence-corrected chi connectivity index (χ3v) is 3.87. The van der Waals surface area contributed by atoms with Gasteiger partial charge in [-0.15, -0.1) is 0 Å². The molecule has 4 nitrogen and oxygen atoms in total. The molecule has 1 fully saturated rings. The molecular formula is C14H20N2O2. The number of phenolic OH excluding ortho intramolecular Hbond substituents is 1. The van der Waals surface area contributed by atoms with Crippen LogP contribution >= 0.6 is 0 Å². The van der Waals surface area contributed by atoms with Crippen molar-refractivity contribution in [2.75, 3.05) is 13.1 Å². The molecule has 18 heavy (non-hydrogen) atoms. The summed E-state index contributed by atoms with van der Waals surface area (Å²) in [5.74, 6) is -0.212. The number of nitrogens with one attached hydrogen (secondary N) is 1. The van der Waals surface area contributed by atoms with Gasteiger partial charge in [0.25, 0.3) is 5.91 Å². The average Bonchev–Trinajstić information content (AvgIpc) is 2.86. The molecule has 0 unspecified atom stereocenters. The highest BCUT2D eigenvalue weighted by Gasteiger charge is 2.32. The first-order valence-electron chi connectivity index (χ1n) is 6.43. The molecule has 1 saturated carbocycles. The van der Waals surface area contributed by atoms with Crippen molar-refractivity contribution < 1.29 is 9.90 Å². The predicted molar refractivity (Wildman–Crippen MR) is 70.4 cm³/mol. The van der Waals surface area contributed by atoms with Crippen LogP contribution in [-0.4, -0.2) is 24.1 Å². The van der Waals surface area contributed by atoms with E-state index in [0.717, 1.165) is 12.8 Å². The van der Waals surface area contributed by atoms with Crippen LogP contribution in [0.5, 0.6) is 5.75 Å². The van der Waals surface area contributed by atoms with Crippen molar-refractivity contribution in [1.29, 1.82) is 0 Å². The van der Waals surface area contributed by atoms with E-state index in [9.17, 15) is 9.90 Å². The molecule has 0 aromatic heterocycles. The molecule has 0 spiro atoms. The lowest BCUT2D eigenvalue weighted by Gasteiger charge is -2.27. The van der Waals surface area contributed by atoms with E-state index >= 15 is 0 Å². The zero-order valence-electron chi connectivity index (χ0n) is 10.5. The molecule has 0 heterocycles. The Balaban J connectivity index is 1.98. The minimum Gasteiger partial charge on any atom is -0.507 e. The lowest BCUT2D eigenvalue weighted by Crippen LogP contribution is -2.40. The van der Waals surface area contributed by atoms with Gasteiger partial charge in [0.2, 0.25) is 0 Å². The van der Waals surface area contributed by atoms with Gasteiger partial charge in [-0.1, -0.05) is 25.0 Å². The van der Waals surface area contributed by atoms with Gasteiger partial charge in [0.1, 0.15) is 5.75 Å². The van der Waals surface area contributed by atoms with Crippen molar-refractivity contribution in [1.82, 2.24) is 5.32 Å². The number of hydrogen-bond acceptors (Lipinski definition) is 3. The molecule has 0 aliphatic heterocycles. The molecule has 1 amide bonds. The number of amides is 1. The Kier molecular flexibility index (Phi) is 3.87. The van der Waals surface area contributed by atoms with Crippen molar-refractivity contribution in [3.63, 3.8) is 0 Å². The van der Waals surface area contributed by atoms with E-state index in [4.69, 9.17) is 5.73 Å². The van der Waals surface area contributed by atoms with Crippen molar-refractivity contribution in [3.05, 3.63) is 29.8 Å². The van der Waals surface area contributed by atoms with Gasteiger partial charge in [-0.25, -0.2) is 0 Å². The third-order valence-electron chi connectivity index (χ3n) is 3.87. The number of carbonyl (C=O) groups excluding carboxylic acids is 1. The molecule has 4 N–H and O–H groups in total. The fourth-order valence-electron chi connectivity index (χ4n) is 2.61. The summed E-state index contributed by atoms with van der Waals surface area (Å²) < 4.78 is 0. The van der Waals surface area contributed by atoms with Crippen LogP contribution < -0.4 is 11.1 Å². The average molecular weight is 248 g/mol. The van der Waals surface area contributed by atoms with Crippen LogP contribution in [0.2, 0.25) is 0 Å². The monoisotopic (exact) mass is 248 g/mol. The lowest BCUT2D eigenvalue weighted by atomic mass is 9.86. The lowest BCUT2D eigenvalue weighted by molar-refractivity contribution is 0.0929. The standard InChI is InChI=1S/C14H20N2O2/c15-9-14(7-3-4-8-14)10-16-13(18)11-5-1-2-6-12(11)17/h1-2,5-6,17H,3-4,7-10,15H2,(H,16,18). The Morgan fingerprint density at radius 2 is 2.00 bits per heavy atom. The van der Waals surface area contributed by atoms with Crippen molar-refractivity contribution >= 4 is 5.91 Å². The first kappa shape index (κ1) is 12.9. The van der Waals surface area contributed by atoms with Gasteiger partial charge < -0.3 is 16.2 Å². The second-order valence-corrected chi connectivity index (χ2v) is 5.11. The van der Waals surface area contributed by atoms with Crippen LogP contribution in [0.1, 0.15) is 36.0 Å². The Hall–Kier alpha value is -1.55. The molecule has 2 rings (SSSR count). The number of hydrogen-bond donors (Lipinski definition) is 3. The number of aromatic hydroxyl groups is 1. The van der Waals surface area contributed by atoms with Gasteiger partial charge in [0.15, 0.2) is 0 Å². The summed E-state index contributed by atoms with van der Waals surface area (Å²) in [5, 5.41) is 12.5. The van der Waals surface area contributed by atoms with E-state index in [1.165, 1.54) is 18.9 Å². The number of nitrogens with two attached hydrogens (primary N) is 1. The van der Waals surface area contributed by atoms with E-state index in [1.807, 2.05) is 0 Å². The molecule has 1 aliphatic rings. The summed E-state index contributed by atoms with van der Waals surface area (Å²) in [5.41, 5.74) is 6.20. The van der Waals surface area contributed by atoms with Crippen LogP contribution in [0.15, 0.2) is 24.3 Å². The molecule has 1 aliphatic carbocycles. The van der Waals surface area contributed by atoms with Gasteiger partial charge in [0.05, 0.1) is 5.56 Å². The van der Waals surface area contributed by atoms with Crippen molar-refractivity contribution in [2.24, 2.45) is 11.1 Å². The number of benzene rings is 1. The summed E-state index contributed by atoms with van der Waals surface area (Å²) in [6.07, 6.45) is 4.52. The summed E-state index contributed by atoms with van der Waals surface area (Å²) in [4.78, 5) is 12.0. The molecule has 1 aromatic rings. The smallest absolute Gasteiger partial charge is 0.255 e. The van der Waals surface area contributed by atoms with Crippen molar-refractivity contribution in [2.45, 2.75) is 25.7 Å². The van der Waals surface area contributed by atoms with Crippen molar-refractivity contribution in [3.8, 4) is 5.75 Å². The van der Waals surface area contributed by atoms with E-state index in [-0.39, 0.29) is 17.1 Å². The fraction of sp³-hybridized carbons (Fsp3) is 0.500. The third kappa shape index (κ3) is 2.64. The second kappa shape index (κ2) is 5.40. The summed E-state index contributed by atoms with van der Waals surface area (Å²) in [6.45, 7) is 1.20. The fourth-order valence-corrected chi connectivity index (χ4v) is 2.61. The number of phenols is 1. The Morgan fingerprint density at radius 1 is 1.33 bits per heavy atom. The Bertz CT molecular complexity index is 426. The van der Waals surface area contributed by atoms with Gasteiger partial charge in [-0.3, -0.25) is 4.79 Å². The van der Waals surface area contributed by atoms with Crippen LogP contribution in [-0.2, 0) is 0 Å². The molecule has 4 heteroatoms. The topological polar surface area (TPSA) is 75.3 Å². The molecule has 98 valence electrons. The Morgan fingerprint density at radius 3 is 2.61 bits per heavy atom. The number of rotatable bonds is 4. The van der Waals surface area contributed by atoms with E-state index < -0.39 is 0 Å². The van der Waals surface area contributed by atoms with Gasteiger partial charge in [0, 0.05) is 6.54 Å². The van der Waals surface area contributed by atoms with E-state index in [1.54, 1.807) is 18.2 Å². The maximum Gasteiger partial charge on any atom is 0.255 e. The summed E-state index contributed by atoms with van der Waals surface area (Å²) in [7, 11) is 0. The van der Waals surface area contributed by atoms with E-state index in [0.29, 0.717) is 18.7 Å². The SMILES string of the molecule is NCC1(CNC(=O)c2ccccc2O)CCCC1. The highest BCUT2D eigenvalue weighted by Crippen LogP contribution is 2.36. The summed E-state index contributed by atoms with van der Waals surface area (Å²) >= 11 is 0. The minimum atomic E-state index is -0.229. The number of para-hydroxylation sites is 1. The van der Waals surface area contributed by atoms with Crippen LogP contribution in [0.3, 0.4) is 0 Å². The zero-order valence-corrected chi connectivity index (χ0v) is 10.5. The van der Waals surface area contributed by atoms with Crippen LogP contribution in [0.25, 0.3) is 0 Å². The quantitative estimate of drug-likeness (QED) is 0.758.